The van der Waals surface area contributed by atoms with Crippen LogP contribution in [0.5, 0.6) is 5.75 Å². The number of likely N-dealkylation sites (N-methyl/N-ethyl adjacent to an activating group) is 1. The van der Waals surface area contributed by atoms with Crippen molar-refractivity contribution in [3.05, 3.63) is 65.5 Å². The molecule has 0 saturated carbocycles. The minimum atomic E-state index is -0.745. The van der Waals surface area contributed by atoms with Crippen LogP contribution in [-0.2, 0) is 20.9 Å². The van der Waals surface area contributed by atoms with Gasteiger partial charge in [-0.1, -0.05) is 30.3 Å². The van der Waals surface area contributed by atoms with Crippen molar-refractivity contribution < 1.29 is 23.5 Å². The zero-order valence-corrected chi connectivity index (χ0v) is 14.1. The minimum absolute atomic E-state index is 0.0646. The number of nitrogens with zero attached hydrogens (tertiary/aromatic N) is 2. The van der Waals surface area contributed by atoms with E-state index in [4.69, 9.17) is 14.7 Å². The maximum Gasteiger partial charge on any atom is 0.344 e. The minimum Gasteiger partial charge on any atom is -0.481 e. The molecular weight excluding hydrogens is 339 g/mol. The number of ether oxygens (including phenoxy) is 2. The molecule has 0 atom stereocenters. The van der Waals surface area contributed by atoms with Crippen molar-refractivity contribution in [2.45, 2.75) is 6.54 Å². The number of hydrogen-bond donors (Lipinski definition) is 0. The van der Waals surface area contributed by atoms with E-state index < -0.39 is 30.9 Å². The van der Waals surface area contributed by atoms with Crippen molar-refractivity contribution in [3.8, 4) is 11.8 Å². The number of halogens is 1. The van der Waals surface area contributed by atoms with E-state index in [2.05, 4.69) is 0 Å². The van der Waals surface area contributed by atoms with Gasteiger partial charge in [0.05, 0.1) is 5.56 Å². The van der Waals surface area contributed by atoms with Gasteiger partial charge in [-0.05, 0) is 18.2 Å². The van der Waals surface area contributed by atoms with Crippen LogP contribution in [0, 0.1) is 17.1 Å². The van der Waals surface area contributed by atoms with Gasteiger partial charge < -0.3 is 14.4 Å². The number of nitriles is 1. The van der Waals surface area contributed by atoms with E-state index in [0.717, 1.165) is 0 Å². The molecule has 0 aliphatic carbocycles. The first-order chi connectivity index (χ1) is 12.5. The molecule has 0 fully saturated rings. The highest BCUT2D eigenvalue weighted by atomic mass is 19.1. The van der Waals surface area contributed by atoms with E-state index in [-0.39, 0.29) is 12.3 Å². The van der Waals surface area contributed by atoms with Crippen molar-refractivity contribution >= 4 is 11.9 Å². The lowest BCUT2D eigenvalue weighted by Crippen LogP contribution is -2.32. The summed E-state index contributed by atoms with van der Waals surface area (Å²) < 4.78 is 23.7. The molecule has 0 saturated heterocycles. The number of carbonyl (C=O) groups is 2. The fraction of sp³-hybridized carbons (Fsp3) is 0.211. The first-order valence-electron chi connectivity index (χ1n) is 7.76. The van der Waals surface area contributed by atoms with Gasteiger partial charge in [0.2, 0.25) is 0 Å². The number of rotatable bonds is 7. The highest BCUT2D eigenvalue weighted by Crippen LogP contribution is 2.16. The van der Waals surface area contributed by atoms with Crippen molar-refractivity contribution in [3.63, 3.8) is 0 Å². The van der Waals surface area contributed by atoms with Gasteiger partial charge >= 0.3 is 5.97 Å². The number of amides is 1. The second kappa shape index (κ2) is 9.18. The number of carbonyl (C=O) groups excluding carboxylic acids is 2. The third-order valence-electron chi connectivity index (χ3n) is 3.50. The third-order valence-corrected chi connectivity index (χ3v) is 3.50. The average molecular weight is 356 g/mol. The molecule has 0 heterocycles. The first kappa shape index (κ1) is 18.9. The second-order valence-electron chi connectivity index (χ2n) is 5.40. The summed E-state index contributed by atoms with van der Waals surface area (Å²) in [5, 5.41) is 8.94. The third kappa shape index (κ3) is 5.31. The van der Waals surface area contributed by atoms with Crippen LogP contribution in [0.4, 0.5) is 4.39 Å². The van der Waals surface area contributed by atoms with Gasteiger partial charge in [0.15, 0.2) is 13.2 Å². The Kier molecular flexibility index (Phi) is 6.68. The molecule has 1 amide bonds. The fourth-order valence-corrected chi connectivity index (χ4v) is 2.09. The Labute approximate surface area is 150 Å². The highest BCUT2D eigenvalue weighted by molar-refractivity contribution is 5.80. The Morgan fingerprint density at radius 3 is 2.54 bits per heavy atom. The topological polar surface area (TPSA) is 79.6 Å². The summed E-state index contributed by atoms with van der Waals surface area (Å²) in [6.45, 7) is -0.842. The Balaban J connectivity index is 1.78. The van der Waals surface area contributed by atoms with Gasteiger partial charge in [-0.15, -0.1) is 0 Å². The van der Waals surface area contributed by atoms with Crippen LogP contribution >= 0.6 is 0 Å². The van der Waals surface area contributed by atoms with Gasteiger partial charge in [-0.3, -0.25) is 4.79 Å². The molecule has 0 unspecified atom stereocenters. The van der Waals surface area contributed by atoms with Crippen LogP contribution < -0.4 is 4.74 Å². The molecule has 2 rings (SSSR count). The van der Waals surface area contributed by atoms with Gasteiger partial charge in [-0.2, -0.15) is 5.26 Å². The summed E-state index contributed by atoms with van der Waals surface area (Å²) >= 11 is 0. The molecule has 0 aliphatic heterocycles. The summed E-state index contributed by atoms with van der Waals surface area (Å²) in [4.78, 5) is 24.9. The van der Waals surface area contributed by atoms with E-state index in [9.17, 15) is 14.0 Å². The average Bonchev–Trinajstić information content (AvgIpc) is 2.66. The molecule has 0 N–H and O–H groups in total. The smallest absolute Gasteiger partial charge is 0.344 e. The Hall–Kier alpha value is -3.40. The van der Waals surface area contributed by atoms with Gasteiger partial charge in [0.1, 0.15) is 17.6 Å². The lowest BCUT2D eigenvalue weighted by molar-refractivity contribution is -0.153. The van der Waals surface area contributed by atoms with E-state index in [0.29, 0.717) is 11.1 Å². The molecule has 0 bridgehead atoms. The predicted octanol–water partition coefficient (Wildman–Crippen LogP) is 2.28. The first-order valence-corrected chi connectivity index (χ1v) is 7.76. The van der Waals surface area contributed by atoms with E-state index >= 15 is 0 Å². The Bertz CT molecular complexity index is 832. The predicted molar refractivity (Wildman–Crippen MR) is 90.5 cm³/mol. The van der Waals surface area contributed by atoms with Crippen LogP contribution in [0.25, 0.3) is 0 Å². The van der Waals surface area contributed by atoms with Crippen molar-refractivity contribution in [2.75, 3.05) is 20.3 Å². The Morgan fingerprint density at radius 2 is 1.81 bits per heavy atom. The molecule has 134 valence electrons. The fourth-order valence-electron chi connectivity index (χ4n) is 2.09. The van der Waals surface area contributed by atoms with Crippen LogP contribution in [0.15, 0.2) is 48.5 Å². The van der Waals surface area contributed by atoms with E-state index in [1.54, 1.807) is 42.5 Å². The zero-order valence-electron chi connectivity index (χ0n) is 14.1. The maximum absolute atomic E-state index is 13.6. The quantitative estimate of drug-likeness (QED) is 0.711. The number of esters is 1. The Morgan fingerprint density at radius 1 is 1.12 bits per heavy atom. The van der Waals surface area contributed by atoms with Crippen LogP contribution in [0.2, 0.25) is 0 Å². The van der Waals surface area contributed by atoms with Crippen LogP contribution in [0.3, 0.4) is 0 Å². The van der Waals surface area contributed by atoms with Gasteiger partial charge in [0, 0.05) is 19.2 Å². The number of benzene rings is 2. The largest absolute Gasteiger partial charge is 0.481 e. The molecule has 0 radical (unpaired) electrons. The zero-order chi connectivity index (χ0) is 18.9. The maximum atomic E-state index is 13.6. The van der Waals surface area contributed by atoms with E-state index in [1.807, 2.05) is 6.07 Å². The molecule has 6 nitrogen and oxygen atoms in total. The molecular formula is C19H17FN2O4. The van der Waals surface area contributed by atoms with Crippen LogP contribution in [-0.4, -0.2) is 37.0 Å². The summed E-state index contributed by atoms with van der Waals surface area (Å²) in [6, 6.07) is 14.5. The summed E-state index contributed by atoms with van der Waals surface area (Å²) in [5.74, 6) is -1.37. The lowest BCUT2D eigenvalue weighted by atomic mass is 10.2. The molecule has 0 aliphatic rings. The number of hydrogen-bond acceptors (Lipinski definition) is 5. The highest BCUT2D eigenvalue weighted by Gasteiger charge is 2.14. The normalized spacial score (nSPS) is 9.88. The molecule has 7 heteroatoms. The van der Waals surface area contributed by atoms with Gasteiger partial charge in [0.25, 0.3) is 5.91 Å². The summed E-state index contributed by atoms with van der Waals surface area (Å²) in [7, 11) is 1.49. The van der Waals surface area contributed by atoms with Crippen molar-refractivity contribution in [1.29, 1.82) is 5.26 Å². The van der Waals surface area contributed by atoms with Crippen LogP contribution in [0.1, 0.15) is 11.1 Å². The monoisotopic (exact) mass is 356 g/mol. The van der Waals surface area contributed by atoms with Gasteiger partial charge in [-0.25, -0.2) is 9.18 Å². The van der Waals surface area contributed by atoms with E-state index in [1.165, 1.54) is 18.0 Å². The number of para-hydroxylation sites is 1. The summed E-state index contributed by atoms with van der Waals surface area (Å²) in [5.41, 5.74) is 0.659. The molecule has 0 aromatic heterocycles. The second-order valence-corrected chi connectivity index (χ2v) is 5.40. The standard InChI is InChI=1S/C19H17FN2O4/c1-22(11-15-7-2-4-8-16(15)20)18(23)12-26-19(24)13-25-17-9-5-3-6-14(17)10-21/h2-9H,11-13H2,1H3. The molecule has 0 spiro atoms. The molecule has 2 aromatic rings. The lowest BCUT2D eigenvalue weighted by Gasteiger charge is -2.17. The van der Waals surface area contributed by atoms with Crippen molar-refractivity contribution in [1.82, 2.24) is 4.90 Å². The SMILES string of the molecule is CN(Cc1ccccc1F)C(=O)COC(=O)COc1ccccc1C#N. The molecule has 2 aromatic carbocycles. The van der Waals surface area contributed by atoms with Crippen molar-refractivity contribution in [2.24, 2.45) is 0 Å². The summed E-state index contributed by atoms with van der Waals surface area (Å²) in [6.07, 6.45) is 0. The molecule has 26 heavy (non-hydrogen) atoms.